The van der Waals surface area contributed by atoms with E-state index in [1.54, 1.807) is 37.4 Å². The van der Waals surface area contributed by atoms with Crippen LogP contribution in [0.1, 0.15) is 11.1 Å². The van der Waals surface area contributed by atoms with Gasteiger partial charge in [-0.1, -0.05) is 18.2 Å². The third-order valence-corrected chi connectivity index (χ3v) is 3.78. The predicted octanol–water partition coefficient (Wildman–Crippen LogP) is 1.23. The van der Waals surface area contributed by atoms with Gasteiger partial charge >= 0.3 is 0 Å². The largest absolute Gasteiger partial charge is 0.267 e. The van der Waals surface area contributed by atoms with E-state index < -0.39 is 10.0 Å². The summed E-state index contributed by atoms with van der Waals surface area (Å²) in [5.41, 5.74) is 0.831. The molecule has 0 aliphatic carbocycles. The third kappa shape index (κ3) is 3.11. The molecule has 1 aromatic heterocycles. The van der Waals surface area contributed by atoms with Crippen molar-refractivity contribution in [3.8, 4) is 6.07 Å². The first-order valence-electron chi connectivity index (χ1n) is 5.48. The summed E-state index contributed by atoms with van der Waals surface area (Å²) in [7, 11) is -1.93. The van der Waals surface area contributed by atoms with Crippen LogP contribution in [0.4, 0.5) is 5.82 Å². The van der Waals surface area contributed by atoms with Crippen LogP contribution in [0.3, 0.4) is 0 Å². The van der Waals surface area contributed by atoms with Gasteiger partial charge in [-0.05, 0) is 11.6 Å². The van der Waals surface area contributed by atoms with E-state index in [0.29, 0.717) is 16.9 Å². The maximum atomic E-state index is 12.0. The van der Waals surface area contributed by atoms with E-state index in [4.69, 9.17) is 5.26 Å². The van der Waals surface area contributed by atoms with Gasteiger partial charge in [0.05, 0.1) is 23.6 Å². The fourth-order valence-electron chi connectivity index (χ4n) is 1.63. The maximum Gasteiger partial charge on any atom is 0.238 e. The Morgan fingerprint density at radius 3 is 2.74 bits per heavy atom. The lowest BCUT2D eigenvalue weighted by atomic mass is 10.1. The molecule has 0 amide bonds. The average Bonchev–Trinajstić information content (AvgIpc) is 2.74. The van der Waals surface area contributed by atoms with E-state index in [0.717, 1.165) is 0 Å². The highest BCUT2D eigenvalue weighted by molar-refractivity contribution is 7.91. The van der Waals surface area contributed by atoms with E-state index in [1.165, 1.54) is 10.9 Å². The Balaban J connectivity index is 2.23. The lowest BCUT2D eigenvalue weighted by Gasteiger charge is -2.08. The van der Waals surface area contributed by atoms with Crippen molar-refractivity contribution < 1.29 is 8.42 Å². The molecule has 0 aliphatic rings. The molecular weight excluding hydrogens is 264 g/mol. The number of hydrogen-bond acceptors (Lipinski definition) is 4. The predicted molar refractivity (Wildman–Crippen MR) is 70.6 cm³/mol. The van der Waals surface area contributed by atoms with Gasteiger partial charge in [0, 0.05) is 13.1 Å². The quantitative estimate of drug-likeness (QED) is 0.909. The molecule has 0 fully saturated rings. The van der Waals surface area contributed by atoms with Crippen molar-refractivity contribution in [3.05, 3.63) is 47.7 Å². The summed E-state index contributed by atoms with van der Waals surface area (Å²) < 4.78 is 27.9. The molecule has 1 heterocycles. The number of sulfonamides is 1. The molecule has 98 valence electrons. The van der Waals surface area contributed by atoms with Crippen molar-refractivity contribution in [2.24, 2.45) is 7.05 Å². The van der Waals surface area contributed by atoms with Gasteiger partial charge in [0.25, 0.3) is 0 Å². The van der Waals surface area contributed by atoms with Crippen molar-refractivity contribution in [2.45, 2.75) is 5.75 Å². The van der Waals surface area contributed by atoms with Gasteiger partial charge < -0.3 is 0 Å². The van der Waals surface area contributed by atoms with Crippen LogP contribution in [0.15, 0.2) is 36.5 Å². The Labute approximate surface area is 111 Å². The molecule has 0 bridgehead atoms. The summed E-state index contributed by atoms with van der Waals surface area (Å²) in [6.07, 6.45) is 1.50. The summed E-state index contributed by atoms with van der Waals surface area (Å²) in [5.74, 6) is 0.136. The average molecular weight is 276 g/mol. The van der Waals surface area contributed by atoms with E-state index >= 15 is 0 Å². The molecular formula is C12H12N4O2S. The molecule has 2 rings (SSSR count). The number of aromatic nitrogens is 2. The first-order valence-corrected chi connectivity index (χ1v) is 7.13. The Morgan fingerprint density at radius 1 is 1.37 bits per heavy atom. The SMILES string of the molecule is Cn1nccc1NS(=O)(=O)Cc1ccccc1C#N. The molecule has 0 saturated heterocycles. The highest BCUT2D eigenvalue weighted by Crippen LogP contribution is 2.14. The Kier molecular flexibility index (Phi) is 3.53. The van der Waals surface area contributed by atoms with Crippen LogP contribution in [0.25, 0.3) is 0 Å². The number of nitrogens with one attached hydrogen (secondary N) is 1. The fourth-order valence-corrected chi connectivity index (χ4v) is 2.88. The number of nitriles is 1. The first kappa shape index (κ1) is 13.1. The van der Waals surface area contributed by atoms with Crippen molar-refractivity contribution in [3.63, 3.8) is 0 Å². The molecule has 1 aromatic carbocycles. The van der Waals surface area contributed by atoms with Crippen LogP contribution < -0.4 is 4.72 Å². The van der Waals surface area contributed by atoms with Crippen molar-refractivity contribution >= 4 is 15.8 Å². The van der Waals surface area contributed by atoms with Crippen LogP contribution in [-0.4, -0.2) is 18.2 Å². The summed E-state index contributed by atoms with van der Waals surface area (Å²) in [6, 6.07) is 10.2. The highest BCUT2D eigenvalue weighted by atomic mass is 32.2. The van der Waals surface area contributed by atoms with Crippen molar-refractivity contribution in [1.82, 2.24) is 9.78 Å². The van der Waals surface area contributed by atoms with Crippen LogP contribution in [0.2, 0.25) is 0 Å². The number of rotatable bonds is 4. The third-order valence-electron chi connectivity index (χ3n) is 2.56. The minimum Gasteiger partial charge on any atom is -0.267 e. The summed E-state index contributed by atoms with van der Waals surface area (Å²) in [4.78, 5) is 0. The Morgan fingerprint density at radius 2 is 2.11 bits per heavy atom. The first-order chi connectivity index (χ1) is 9.02. The second-order valence-corrected chi connectivity index (χ2v) is 5.69. The Bertz CT molecular complexity index is 728. The topological polar surface area (TPSA) is 87.8 Å². The number of nitrogens with zero attached hydrogens (tertiary/aromatic N) is 3. The van der Waals surface area contributed by atoms with E-state index in [9.17, 15) is 8.42 Å². The van der Waals surface area contributed by atoms with Gasteiger partial charge in [-0.15, -0.1) is 0 Å². The molecule has 0 spiro atoms. The van der Waals surface area contributed by atoms with Gasteiger partial charge in [0.2, 0.25) is 10.0 Å². The summed E-state index contributed by atoms with van der Waals surface area (Å²) in [5, 5.41) is 12.8. The molecule has 6 nitrogen and oxygen atoms in total. The van der Waals surface area contributed by atoms with Crippen LogP contribution in [-0.2, 0) is 22.8 Å². The number of benzene rings is 1. The zero-order chi connectivity index (χ0) is 13.9. The minimum absolute atomic E-state index is 0.248. The van der Waals surface area contributed by atoms with Gasteiger partial charge in [-0.2, -0.15) is 10.4 Å². The molecule has 1 N–H and O–H groups in total. The molecule has 0 unspecified atom stereocenters. The molecule has 7 heteroatoms. The molecule has 0 radical (unpaired) electrons. The van der Waals surface area contributed by atoms with E-state index in [1.807, 2.05) is 6.07 Å². The molecule has 0 saturated carbocycles. The van der Waals surface area contributed by atoms with Crippen LogP contribution in [0, 0.1) is 11.3 Å². The Hall–Kier alpha value is -2.33. The zero-order valence-corrected chi connectivity index (χ0v) is 11.1. The normalized spacial score (nSPS) is 10.9. The molecule has 0 aliphatic heterocycles. The maximum absolute atomic E-state index is 12.0. The smallest absolute Gasteiger partial charge is 0.238 e. The fraction of sp³-hybridized carbons (Fsp3) is 0.167. The number of anilines is 1. The number of aryl methyl sites for hydroxylation is 1. The van der Waals surface area contributed by atoms with Gasteiger partial charge in [0.1, 0.15) is 5.82 Å². The second-order valence-electron chi connectivity index (χ2n) is 3.97. The lowest BCUT2D eigenvalue weighted by molar-refractivity contribution is 0.599. The van der Waals surface area contributed by atoms with E-state index in [2.05, 4.69) is 9.82 Å². The van der Waals surface area contributed by atoms with Gasteiger partial charge in [-0.3, -0.25) is 9.40 Å². The van der Waals surface area contributed by atoms with Crippen molar-refractivity contribution in [1.29, 1.82) is 5.26 Å². The van der Waals surface area contributed by atoms with E-state index in [-0.39, 0.29) is 5.75 Å². The molecule has 0 atom stereocenters. The minimum atomic E-state index is -3.57. The van der Waals surface area contributed by atoms with Crippen LogP contribution in [0.5, 0.6) is 0 Å². The second kappa shape index (κ2) is 5.12. The van der Waals surface area contributed by atoms with Crippen molar-refractivity contribution in [2.75, 3.05) is 4.72 Å². The molecule has 19 heavy (non-hydrogen) atoms. The molecule has 2 aromatic rings. The monoisotopic (exact) mass is 276 g/mol. The highest BCUT2D eigenvalue weighted by Gasteiger charge is 2.15. The standard InChI is InChI=1S/C12H12N4O2S/c1-16-12(6-7-14-16)15-19(17,18)9-11-5-3-2-4-10(11)8-13/h2-7,15H,9H2,1H3. The number of hydrogen-bond donors (Lipinski definition) is 1. The lowest BCUT2D eigenvalue weighted by Crippen LogP contribution is -2.17. The zero-order valence-electron chi connectivity index (χ0n) is 10.2. The van der Waals surface area contributed by atoms with Crippen LogP contribution >= 0.6 is 0 Å². The summed E-state index contributed by atoms with van der Waals surface area (Å²) >= 11 is 0. The summed E-state index contributed by atoms with van der Waals surface area (Å²) in [6.45, 7) is 0. The van der Waals surface area contributed by atoms with Gasteiger partial charge in [0.15, 0.2) is 0 Å². The van der Waals surface area contributed by atoms with Gasteiger partial charge in [-0.25, -0.2) is 8.42 Å².